The first-order valence-electron chi connectivity index (χ1n) is 6.43. The topological polar surface area (TPSA) is 0 Å². The summed E-state index contributed by atoms with van der Waals surface area (Å²) in [5.41, 5.74) is 0. The van der Waals surface area contributed by atoms with Crippen LogP contribution in [0.1, 0.15) is 51.4 Å². The van der Waals surface area contributed by atoms with Crippen molar-refractivity contribution >= 4 is 0 Å². The molecule has 0 aliphatic heterocycles. The molecule has 0 fully saturated rings. The largest absolute Gasteiger partial charge is 2.00 e. The Morgan fingerprint density at radius 1 is 0.647 bits per heavy atom. The maximum atomic E-state index is 3.18. The van der Waals surface area contributed by atoms with E-state index in [9.17, 15) is 0 Å². The van der Waals surface area contributed by atoms with E-state index >= 15 is 0 Å². The second-order valence-corrected chi connectivity index (χ2v) is 4.09. The molecule has 0 saturated heterocycles. The Hall–Kier alpha value is -0.352. The molecule has 96 valence electrons. The van der Waals surface area contributed by atoms with Gasteiger partial charge >= 0.3 is 21.1 Å². The molecule has 0 spiro atoms. The Morgan fingerprint density at radius 2 is 1.12 bits per heavy atom. The van der Waals surface area contributed by atoms with Crippen molar-refractivity contribution in [2.45, 2.75) is 51.4 Å². The van der Waals surface area contributed by atoms with Gasteiger partial charge in [0.15, 0.2) is 0 Å². The first-order chi connectivity index (χ1) is 8.00. The first kappa shape index (κ1) is 16.6. The van der Waals surface area contributed by atoms with Crippen LogP contribution >= 0.6 is 0 Å². The smallest absolute Gasteiger partial charge is 0.275 e. The third kappa shape index (κ3) is 11.9. The molecule has 2 rings (SSSR count). The van der Waals surface area contributed by atoms with Crippen LogP contribution < -0.4 is 0 Å². The zero-order valence-corrected chi connectivity index (χ0v) is 12.7. The van der Waals surface area contributed by atoms with Crippen molar-refractivity contribution in [3.63, 3.8) is 0 Å². The van der Waals surface area contributed by atoms with Gasteiger partial charge in [-0.1, -0.05) is 38.5 Å². The fourth-order valence-electron chi connectivity index (χ4n) is 1.61. The van der Waals surface area contributed by atoms with Gasteiger partial charge in [-0.2, -0.15) is 12.2 Å². The van der Waals surface area contributed by atoms with Crippen molar-refractivity contribution in [2.75, 3.05) is 0 Å². The third-order valence-corrected chi connectivity index (χ3v) is 2.58. The van der Waals surface area contributed by atoms with Crippen molar-refractivity contribution in [1.82, 2.24) is 0 Å². The van der Waals surface area contributed by atoms with Gasteiger partial charge in [0.1, 0.15) is 0 Å². The molecule has 1 heteroatoms. The van der Waals surface area contributed by atoms with Crippen LogP contribution in [0.15, 0.2) is 36.5 Å². The predicted molar refractivity (Wildman–Crippen MR) is 70.8 cm³/mol. The molecule has 0 N–H and O–H groups in total. The number of allylic oxidation sites excluding steroid dienone is 8. The van der Waals surface area contributed by atoms with E-state index in [0.29, 0.717) is 0 Å². The summed E-state index contributed by atoms with van der Waals surface area (Å²) in [5.74, 6) is 0. The zero-order valence-electron chi connectivity index (χ0n) is 10.4. The molecule has 0 unspecified atom stereocenters. The molecule has 0 aromatic rings. The molecular formula is C16H22Pt. The van der Waals surface area contributed by atoms with Crippen LogP contribution in [0.25, 0.3) is 0 Å². The van der Waals surface area contributed by atoms with Gasteiger partial charge in [0.2, 0.25) is 0 Å². The molecule has 0 atom stereocenters. The van der Waals surface area contributed by atoms with Gasteiger partial charge in [0.05, 0.1) is 0 Å². The van der Waals surface area contributed by atoms with Gasteiger partial charge in [-0.25, -0.2) is 24.3 Å². The molecule has 0 nitrogen and oxygen atoms in total. The van der Waals surface area contributed by atoms with Gasteiger partial charge in [-0.15, -0.1) is 12.8 Å². The maximum Gasteiger partial charge on any atom is 2.00 e. The quantitative estimate of drug-likeness (QED) is 0.497. The van der Waals surface area contributed by atoms with E-state index in [1.54, 1.807) is 0 Å². The fraction of sp³-hybridized carbons (Fsp3) is 0.500. The Kier molecular flexibility index (Phi) is 13.4. The molecule has 0 radical (unpaired) electrons. The number of rotatable bonds is 0. The fourth-order valence-corrected chi connectivity index (χ4v) is 1.61. The van der Waals surface area contributed by atoms with Gasteiger partial charge in [0.25, 0.3) is 0 Å². The predicted octanol–water partition coefficient (Wildman–Crippen LogP) is 4.95. The van der Waals surface area contributed by atoms with E-state index in [0.717, 1.165) is 12.8 Å². The van der Waals surface area contributed by atoms with Crippen LogP contribution in [0.3, 0.4) is 0 Å². The second kappa shape index (κ2) is 13.7. The van der Waals surface area contributed by atoms with E-state index < -0.39 is 0 Å². The van der Waals surface area contributed by atoms with Gasteiger partial charge in [0, 0.05) is 0 Å². The molecule has 2 aliphatic rings. The van der Waals surface area contributed by atoms with E-state index in [-0.39, 0.29) is 21.1 Å². The molecule has 0 aromatic carbocycles. The summed E-state index contributed by atoms with van der Waals surface area (Å²) in [6.45, 7) is 0. The van der Waals surface area contributed by atoms with Crippen LogP contribution in [0.2, 0.25) is 0 Å². The Labute approximate surface area is 121 Å². The van der Waals surface area contributed by atoms with E-state index in [1.165, 1.54) is 38.5 Å². The summed E-state index contributed by atoms with van der Waals surface area (Å²) in [7, 11) is 0. The van der Waals surface area contributed by atoms with Crippen molar-refractivity contribution in [3.8, 4) is 0 Å². The molecule has 0 saturated carbocycles. The summed E-state index contributed by atoms with van der Waals surface area (Å²) in [4.78, 5) is 0. The monoisotopic (exact) mass is 409 g/mol. The summed E-state index contributed by atoms with van der Waals surface area (Å²) < 4.78 is 0. The van der Waals surface area contributed by atoms with Crippen LogP contribution in [0.4, 0.5) is 0 Å². The maximum absolute atomic E-state index is 3.18. The molecule has 0 bridgehead atoms. The standard InChI is InChI=1S/2C8H11.Pt/c2*1-2-4-6-8-7-5-3-1;/h2*1-3H,4,6-8H2;/q2*-1;+2/b2-1-;;. The van der Waals surface area contributed by atoms with Crippen LogP contribution in [-0.2, 0) is 21.1 Å². The minimum Gasteiger partial charge on any atom is -0.275 e. The van der Waals surface area contributed by atoms with Gasteiger partial charge < -0.3 is 0 Å². The summed E-state index contributed by atoms with van der Waals surface area (Å²) in [6.07, 6.45) is 29.0. The average Bonchev–Trinajstić information content (AvgIpc) is 2.15. The molecule has 0 heterocycles. The Morgan fingerprint density at radius 3 is 1.59 bits per heavy atom. The van der Waals surface area contributed by atoms with Crippen molar-refractivity contribution < 1.29 is 21.1 Å². The van der Waals surface area contributed by atoms with Crippen LogP contribution in [0, 0.1) is 12.2 Å². The SMILES string of the molecule is [C-]1=C/C=C\CCCC1.[C-]1=CC=CCCCC1.[Pt+2]. The number of hydrogen-bond donors (Lipinski definition) is 0. The Bertz CT molecular complexity index is 203. The minimum absolute atomic E-state index is 0. The van der Waals surface area contributed by atoms with E-state index in [2.05, 4.69) is 36.5 Å². The average molecular weight is 409 g/mol. The zero-order chi connectivity index (χ0) is 11.3. The van der Waals surface area contributed by atoms with Crippen LogP contribution in [-0.4, -0.2) is 0 Å². The van der Waals surface area contributed by atoms with Crippen molar-refractivity contribution in [3.05, 3.63) is 48.6 Å². The molecule has 0 aromatic heterocycles. The molecule has 2 aliphatic carbocycles. The number of hydrogen-bond acceptors (Lipinski definition) is 0. The van der Waals surface area contributed by atoms with Gasteiger partial charge in [-0.3, -0.25) is 12.2 Å². The first-order valence-corrected chi connectivity index (χ1v) is 6.43. The van der Waals surface area contributed by atoms with E-state index in [4.69, 9.17) is 0 Å². The molecule has 17 heavy (non-hydrogen) atoms. The molecule has 0 amide bonds. The summed E-state index contributed by atoms with van der Waals surface area (Å²) in [6, 6.07) is 0. The van der Waals surface area contributed by atoms with E-state index in [1.807, 2.05) is 12.2 Å². The summed E-state index contributed by atoms with van der Waals surface area (Å²) in [5, 5.41) is 0. The van der Waals surface area contributed by atoms with Crippen molar-refractivity contribution in [1.29, 1.82) is 0 Å². The third-order valence-electron chi connectivity index (χ3n) is 2.58. The summed E-state index contributed by atoms with van der Waals surface area (Å²) >= 11 is 0. The van der Waals surface area contributed by atoms with Crippen molar-refractivity contribution in [2.24, 2.45) is 0 Å². The molecular weight excluding hydrogens is 387 g/mol. The second-order valence-electron chi connectivity index (χ2n) is 4.09. The minimum atomic E-state index is 0. The van der Waals surface area contributed by atoms with Crippen LogP contribution in [0.5, 0.6) is 0 Å². The Balaban J connectivity index is 0.000000284. The van der Waals surface area contributed by atoms with Gasteiger partial charge in [-0.05, 0) is 0 Å². The normalized spacial score (nSPS) is 20.7.